The third-order valence-corrected chi connectivity index (χ3v) is 5.18. The minimum absolute atomic E-state index is 0.147. The maximum absolute atomic E-state index is 13.9. The van der Waals surface area contributed by atoms with Gasteiger partial charge in [0.1, 0.15) is 17.3 Å². The van der Waals surface area contributed by atoms with Gasteiger partial charge in [0.2, 0.25) is 5.91 Å². The predicted molar refractivity (Wildman–Crippen MR) is 111 cm³/mol. The Balaban J connectivity index is 1.77. The molecule has 0 saturated heterocycles. The number of nitrogens with one attached hydrogen (secondary N) is 1. The highest BCUT2D eigenvalue weighted by Crippen LogP contribution is 2.34. The van der Waals surface area contributed by atoms with Crippen LogP contribution in [-0.2, 0) is 17.9 Å². The number of carbonyl (C=O) groups excluding carboxylic acids is 1. The van der Waals surface area contributed by atoms with Gasteiger partial charge in [-0.2, -0.15) is 0 Å². The summed E-state index contributed by atoms with van der Waals surface area (Å²) in [4.78, 5) is 18.7. The highest BCUT2D eigenvalue weighted by atomic mass is 19.2. The van der Waals surface area contributed by atoms with Crippen LogP contribution in [0.15, 0.2) is 42.5 Å². The molecule has 3 N–H and O–H groups in total. The lowest BCUT2D eigenvalue weighted by Gasteiger charge is -2.29. The molecular weight excluding hydrogens is 388 g/mol. The van der Waals surface area contributed by atoms with Gasteiger partial charge in [-0.05, 0) is 44.2 Å². The van der Waals surface area contributed by atoms with Gasteiger partial charge in [0.15, 0.2) is 11.6 Å². The fraction of sp³-hybridized carbons (Fsp3) is 0.273. The van der Waals surface area contributed by atoms with Gasteiger partial charge in [0.05, 0.1) is 12.6 Å². The Bertz CT molecular complexity index is 1090. The van der Waals surface area contributed by atoms with E-state index >= 15 is 0 Å². The summed E-state index contributed by atoms with van der Waals surface area (Å²) in [6.07, 6.45) is 0. The first-order valence-electron chi connectivity index (χ1n) is 9.76. The molecule has 2 heterocycles. The van der Waals surface area contributed by atoms with E-state index in [2.05, 4.69) is 10.3 Å². The molecule has 1 amide bonds. The molecule has 0 radical (unpaired) electrons. The second-order valence-corrected chi connectivity index (χ2v) is 7.55. The van der Waals surface area contributed by atoms with Gasteiger partial charge in [-0.15, -0.1) is 0 Å². The van der Waals surface area contributed by atoms with Crippen molar-refractivity contribution in [2.24, 2.45) is 5.73 Å². The molecule has 6 nitrogen and oxygen atoms in total. The van der Waals surface area contributed by atoms with E-state index in [1.807, 2.05) is 35.8 Å². The van der Waals surface area contributed by atoms with Crippen molar-refractivity contribution < 1.29 is 13.6 Å². The second kappa shape index (κ2) is 7.87. The molecule has 2 aromatic carbocycles. The number of anilines is 2. The van der Waals surface area contributed by atoms with E-state index in [0.29, 0.717) is 42.5 Å². The number of aromatic nitrogens is 2. The number of hydrogen-bond acceptors (Lipinski definition) is 4. The Kier molecular flexibility index (Phi) is 5.26. The molecule has 0 unspecified atom stereocenters. The Morgan fingerprint density at radius 1 is 1.13 bits per heavy atom. The van der Waals surface area contributed by atoms with Crippen molar-refractivity contribution >= 4 is 17.4 Å². The van der Waals surface area contributed by atoms with Crippen molar-refractivity contribution in [3.8, 4) is 11.3 Å². The molecule has 30 heavy (non-hydrogen) atoms. The van der Waals surface area contributed by atoms with Gasteiger partial charge in [-0.1, -0.05) is 17.7 Å². The third-order valence-electron chi connectivity index (χ3n) is 5.18. The molecule has 8 heteroatoms. The van der Waals surface area contributed by atoms with Crippen LogP contribution in [0.4, 0.5) is 20.3 Å². The number of amides is 1. The van der Waals surface area contributed by atoms with Gasteiger partial charge >= 0.3 is 0 Å². The first-order chi connectivity index (χ1) is 14.3. The van der Waals surface area contributed by atoms with Crippen molar-refractivity contribution in [3.05, 3.63) is 65.5 Å². The van der Waals surface area contributed by atoms with E-state index in [-0.39, 0.29) is 5.91 Å². The van der Waals surface area contributed by atoms with Crippen LogP contribution in [0.1, 0.15) is 18.3 Å². The summed E-state index contributed by atoms with van der Waals surface area (Å²) in [5.41, 5.74) is 8.68. The maximum Gasteiger partial charge on any atom is 0.239 e. The number of carbonyl (C=O) groups is 1. The second-order valence-electron chi connectivity index (χ2n) is 7.55. The Labute approximate surface area is 173 Å². The number of rotatable bonds is 4. The van der Waals surface area contributed by atoms with E-state index in [1.165, 1.54) is 6.07 Å². The van der Waals surface area contributed by atoms with Crippen molar-refractivity contribution in [3.63, 3.8) is 0 Å². The van der Waals surface area contributed by atoms with Gasteiger partial charge < -0.3 is 20.5 Å². The van der Waals surface area contributed by atoms with Crippen LogP contribution in [0.25, 0.3) is 11.3 Å². The van der Waals surface area contributed by atoms with Crippen LogP contribution in [0.3, 0.4) is 0 Å². The standard InChI is InChI=1S/C22H23F2N5O/c1-13-3-6-16(7-4-13)26-21-20(15-5-8-17(23)18(24)11-15)27-19-12-28(9-10-29(19)21)22(30)14(2)25/h3-8,11,14,26H,9-10,12,25H2,1-2H3/t14-/m0/s1. The highest BCUT2D eigenvalue weighted by Gasteiger charge is 2.28. The van der Waals surface area contributed by atoms with Crippen molar-refractivity contribution in [2.75, 3.05) is 11.9 Å². The fourth-order valence-corrected chi connectivity index (χ4v) is 3.55. The van der Waals surface area contributed by atoms with Crippen LogP contribution < -0.4 is 11.1 Å². The summed E-state index contributed by atoms with van der Waals surface area (Å²) in [5.74, 6) is -0.665. The number of imidazole rings is 1. The van der Waals surface area contributed by atoms with Crippen LogP contribution in [0, 0.1) is 18.6 Å². The smallest absolute Gasteiger partial charge is 0.239 e. The monoisotopic (exact) mass is 411 g/mol. The average molecular weight is 411 g/mol. The first-order valence-corrected chi connectivity index (χ1v) is 9.76. The Morgan fingerprint density at radius 2 is 1.87 bits per heavy atom. The molecule has 0 saturated carbocycles. The van der Waals surface area contributed by atoms with Crippen molar-refractivity contribution in [1.82, 2.24) is 14.5 Å². The number of halogens is 2. The third kappa shape index (κ3) is 3.78. The zero-order chi connectivity index (χ0) is 21.4. The number of nitrogens with zero attached hydrogens (tertiary/aromatic N) is 3. The molecule has 1 aromatic heterocycles. The van der Waals surface area contributed by atoms with Gasteiger partial charge in [-0.25, -0.2) is 13.8 Å². The summed E-state index contributed by atoms with van der Waals surface area (Å²) < 4.78 is 29.4. The molecule has 4 rings (SSSR count). The van der Waals surface area contributed by atoms with Crippen molar-refractivity contribution in [2.45, 2.75) is 33.0 Å². The molecule has 1 atom stereocenters. The highest BCUT2D eigenvalue weighted by molar-refractivity contribution is 5.82. The Morgan fingerprint density at radius 3 is 2.53 bits per heavy atom. The Hall–Kier alpha value is -3.26. The van der Waals surface area contributed by atoms with E-state index in [4.69, 9.17) is 5.73 Å². The topological polar surface area (TPSA) is 76.2 Å². The normalized spacial score (nSPS) is 14.4. The zero-order valence-corrected chi connectivity index (χ0v) is 16.8. The summed E-state index contributed by atoms with van der Waals surface area (Å²) >= 11 is 0. The molecule has 1 aliphatic heterocycles. The van der Waals surface area contributed by atoms with Crippen molar-refractivity contribution in [1.29, 1.82) is 0 Å². The predicted octanol–water partition coefficient (Wildman–Crippen LogP) is 3.57. The summed E-state index contributed by atoms with van der Waals surface area (Å²) in [7, 11) is 0. The van der Waals surface area contributed by atoms with E-state index < -0.39 is 17.7 Å². The van der Waals surface area contributed by atoms with Crippen LogP contribution >= 0.6 is 0 Å². The maximum atomic E-state index is 13.9. The average Bonchev–Trinajstić information content (AvgIpc) is 3.08. The quantitative estimate of drug-likeness (QED) is 0.688. The lowest BCUT2D eigenvalue weighted by atomic mass is 10.1. The van der Waals surface area contributed by atoms with Crippen LogP contribution in [0.5, 0.6) is 0 Å². The number of nitrogens with two attached hydrogens (primary N) is 1. The van der Waals surface area contributed by atoms with Crippen LogP contribution in [-0.4, -0.2) is 32.9 Å². The molecule has 0 bridgehead atoms. The number of fused-ring (bicyclic) bond motifs is 1. The largest absolute Gasteiger partial charge is 0.340 e. The first kappa shape index (κ1) is 20.0. The lowest BCUT2D eigenvalue weighted by molar-refractivity contribution is -0.133. The molecule has 156 valence electrons. The number of hydrogen-bond donors (Lipinski definition) is 2. The molecule has 0 aliphatic carbocycles. The van der Waals surface area contributed by atoms with E-state index in [1.54, 1.807) is 11.8 Å². The minimum Gasteiger partial charge on any atom is -0.340 e. The molecule has 3 aromatic rings. The zero-order valence-electron chi connectivity index (χ0n) is 16.8. The number of aryl methyl sites for hydroxylation is 1. The minimum atomic E-state index is -0.937. The molecule has 0 spiro atoms. The summed E-state index contributed by atoms with van der Waals surface area (Å²) in [6.45, 7) is 4.95. The molecular formula is C22H23F2N5O. The SMILES string of the molecule is Cc1ccc(Nc2c(-c3ccc(F)c(F)c3)nc3n2CCN(C(=O)[C@H](C)N)C3)cc1. The molecule has 1 aliphatic rings. The van der Waals surface area contributed by atoms with E-state index in [0.717, 1.165) is 23.4 Å². The van der Waals surface area contributed by atoms with Gasteiger partial charge in [-0.3, -0.25) is 4.79 Å². The summed E-state index contributed by atoms with van der Waals surface area (Å²) in [5, 5.41) is 3.36. The van der Waals surface area contributed by atoms with Crippen LogP contribution in [0.2, 0.25) is 0 Å². The summed E-state index contributed by atoms with van der Waals surface area (Å²) in [6, 6.07) is 11.0. The van der Waals surface area contributed by atoms with E-state index in [9.17, 15) is 13.6 Å². The number of benzene rings is 2. The lowest BCUT2D eigenvalue weighted by Crippen LogP contribution is -2.45. The molecule has 0 fully saturated rings. The van der Waals surface area contributed by atoms with Gasteiger partial charge in [0.25, 0.3) is 0 Å². The van der Waals surface area contributed by atoms with Gasteiger partial charge in [0, 0.05) is 24.3 Å². The fourth-order valence-electron chi connectivity index (χ4n) is 3.55.